The Morgan fingerprint density at radius 3 is 3.00 bits per heavy atom. The van der Waals surface area contributed by atoms with Gasteiger partial charge in [0, 0.05) is 27.0 Å². The highest BCUT2D eigenvalue weighted by atomic mass is 79.9. The van der Waals surface area contributed by atoms with E-state index in [2.05, 4.69) is 42.7 Å². The lowest BCUT2D eigenvalue weighted by molar-refractivity contribution is 0.232. The molecule has 0 saturated carbocycles. The molecular formula is C12H14BrN3OS. The molecule has 2 heterocycles. The second-order valence-corrected chi connectivity index (χ2v) is 5.88. The van der Waals surface area contributed by atoms with Gasteiger partial charge in [0.15, 0.2) is 0 Å². The molecule has 1 N–H and O–H groups in total. The van der Waals surface area contributed by atoms with Crippen molar-refractivity contribution in [2.45, 2.75) is 26.5 Å². The molecule has 0 fully saturated rings. The number of thiophene rings is 1. The van der Waals surface area contributed by atoms with Crippen LogP contribution >= 0.6 is 27.3 Å². The normalized spacial score (nSPS) is 10.7. The van der Waals surface area contributed by atoms with E-state index >= 15 is 0 Å². The maximum Gasteiger partial charge on any atom is 0.226 e. The van der Waals surface area contributed by atoms with Crippen molar-refractivity contribution in [3.05, 3.63) is 33.1 Å². The molecule has 6 heteroatoms. The number of nitrogens with zero attached hydrogens (tertiary/aromatic N) is 2. The van der Waals surface area contributed by atoms with E-state index in [0.717, 1.165) is 4.47 Å². The zero-order valence-corrected chi connectivity index (χ0v) is 12.6. The highest BCUT2D eigenvalue weighted by molar-refractivity contribution is 9.10. The molecule has 0 saturated heterocycles. The Kier molecular flexibility index (Phi) is 4.54. The third-order valence-corrected chi connectivity index (χ3v) is 3.73. The number of ether oxygens (including phenoxy) is 1. The highest BCUT2D eigenvalue weighted by Crippen LogP contribution is 2.20. The largest absolute Gasteiger partial charge is 0.475 e. The van der Waals surface area contributed by atoms with Crippen molar-refractivity contribution in [2.24, 2.45) is 0 Å². The van der Waals surface area contributed by atoms with Gasteiger partial charge in [-0.2, -0.15) is 4.98 Å². The molecule has 0 aliphatic heterocycles. The third-order valence-electron chi connectivity index (χ3n) is 2.03. The molecule has 2 aromatic rings. The van der Waals surface area contributed by atoms with Crippen LogP contribution in [0.25, 0.3) is 0 Å². The van der Waals surface area contributed by atoms with Crippen LogP contribution in [0.2, 0.25) is 0 Å². The highest BCUT2D eigenvalue weighted by Gasteiger charge is 2.03. The summed E-state index contributed by atoms with van der Waals surface area (Å²) in [5.74, 6) is 1.17. The molecule has 0 unspecified atom stereocenters. The first-order valence-electron chi connectivity index (χ1n) is 5.60. The fourth-order valence-electron chi connectivity index (χ4n) is 1.35. The van der Waals surface area contributed by atoms with Crippen molar-refractivity contribution in [3.63, 3.8) is 0 Å². The number of halogens is 1. The molecule has 0 aliphatic rings. The minimum Gasteiger partial charge on any atom is -0.475 e. The molecule has 0 aromatic carbocycles. The van der Waals surface area contributed by atoms with Gasteiger partial charge < -0.3 is 10.1 Å². The molecule has 18 heavy (non-hydrogen) atoms. The fraction of sp³-hybridized carbons (Fsp3) is 0.333. The maximum absolute atomic E-state index is 5.51. The quantitative estimate of drug-likeness (QED) is 0.909. The summed E-state index contributed by atoms with van der Waals surface area (Å²) in [5, 5.41) is 5.23. The molecule has 0 amide bonds. The molecule has 0 bridgehead atoms. The minimum atomic E-state index is 0.112. The summed E-state index contributed by atoms with van der Waals surface area (Å²) >= 11 is 5.12. The van der Waals surface area contributed by atoms with Gasteiger partial charge in [-0.15, -0.1) is 11.3 Å². The standard InChI is InChI=1S/C12H14BrN3OS/c1-8(2)17-11-3-4-14-12(16-11)15-6-10-5-9(13)7-18-10/h3-5,7-8H,6H2,1-2H3,(H,14,15,16). The van der Waals surface area contributed by atoms with Crippen LogP contribution in [0.5, 0.6) is 5.88 Å². The van der Waals surface area contributed by atoms with Crippen LogP contribution in [0, 0.1) is 0 Å². The van der Waals surface area contributed by atoms with Crippen molar-refractivity contribution in [1.82, 2.24) is 9.97 Å². The van der Waals surface area contributed by atoms with E-state index in [0.29, 0.717) is 18.4 Å². The van der Waals surface area contributed by atoms with E-state index in [-0.39, 0.29) is 6.10 Å². The smallest absolute Gasteiger partial charge is 0.226 e. The minimum absolute atomic E-state index is 0.112. The molecule has 96 valence electrons. The summed E-state index contributed by atoms with van der Waals surface area (Å²) in [6.45, 7) is 4.65. The van der Waals surface area contributed by atoms with Crippen molar-refractivity contribution >= 4 is 33.2 Å². The lowest BCUT2D eigenvalue weighted by Gasteiger charge is -2.09. The summed E-state index contributed by atoms with van der Waals surface area (Å²) in [7, 11) is 0. The average molecular weight is 328 g/mol. The molecule has 0 radical (unpaired) electrons. The van der Waals surface area contributed by atoms with Crippen molar-refractivity contribution in [3.8, 4) is 5.88 Å². The van der Waals surface area contributed by atoms with Gasteiger partial charge in [-0.1, -0.05) is 0 Å². The van der Waals surface area contributed by atoms with Crippen LogP contribution in [0.1, 0.15) is 18.7 Å². The van der Waals surface area contributed by atoms with Crippen LogP contribution in [0.4, 0.5) is 5.95 Å². The second kappa shape index (κ2) is 6.15. The second-order valence-electron chi connectivity index (χ2n) is 3.97. The average Bonchev–Trinajstić information content (AvgIpc) is 2.72. The van der Waals surface area contributed by atoms with Crippen molar-refractivity contribution in [1.29, 1.82) is 0 Å². The van der Waals surface area contributed by atoms with Crippen LogP contribution in [-0.2, 0) is 6.54 Å². The molecule has 2 aromatic heterocycles. The van der Waals surface area contributed by atoms with Gasteiger partial charge in [0.05, 0.1) is 12.6 Å². The first-order valence-corrected chi connectivity index (χ1v) is 7.27. The topological polar surface area (TPSA) is 47.0 Å². The lowest BCUT2D eigenvalue weighted by Crippen LogP contribution is -2.09. The number of nitrogens with one attached hydrogen (secondary N) is 1. The van der Waals surface area contributed by atoms with Gasteiger partial charge in [0.2, 0.25) is 11.8 Å². The van der Waals surface area contributed by atoms with E-state index < -0.39 is 0 Å². The summed E-state index contributed by atoms with van der Waals surface area (Å²) in [5.41, 5.74) is 0. The molecule has 4 nitrogen and oxygen atoms in total. The summed E-state index contributed by atoms with van der Waals surface area (Å²) in [6.07, 6.45) is 1.80. The molecule has 0 aliphatic carbocycles. The number of anilines is 1. The van der Waals surface area contributed by atoms with Gasteiger partial charge in [-0.05, 0) is 35.8 Å². The predicted molar refractivity (Wildman–Crippen MR) is 77.1 cm³/mol. The first kappa shape index (κ1) is 13.3. The summed E-state index contributed by atoms with van der Waals surface area (Å²) in [4.78, 5) is 9.67. The van der Waals surface area contributed by atoms with Crippen LogP contribution < -0.4 is 10.1 Å². The number of hydrogen-bond acceptors (Lipinski definition) is 5. The number of rotatable bonds is 5. The monoisotopic (exact) mass is 327 g/mol. The molecule has 0 atom stereocenters. The van der Waals surface area contributed by atoms with Gasteiger partial charge in [-0.3, -0.25) is 0 Å². The zero-order chi connectivity index (χ0) is 13.0. The summed E-state index contributed by atoms with van der Waals surface area (Å²) in [6, 6.07) is 3.83. The van der Waals surface area contributed by atoms with Crippen LogP contribution in [0.3, 0.4) is 0 Å². The van der Waals surface area contributed by atoms with E-state index in [4.69, 9.17) is 4.74 Å². The van der Waals surface area contributed by atoms with E-state index in [1.807, 2.05) is 13.8 Å². The Balaban J connectivity index is 1.96. The van der Waals surface area contributed by atoms with E-state index in [1.165, 1.54) is 4.88 Å². The fourth-order valence-corrected chi connectivity index (χ4v) is 2.74. The van der Waals surface area contributed by atoms with Crippen molar-refractivity contribution in [2.75, 3.05) is 5.32 Å². The van der Waals surface area contributed by atoms with Crippen LogP contribution in [0.15, 0.2) is 28.2 Å². The van der Waals surface area contributed by atoms with Gasteiger partial charge in [0.1, 0.15) is 0 Å². The molecular weight excluding hydrogens is 314 g/mol. The summed E-state index contributed by atoms with van der Waals surface area (Å²) < 4.78 is 6.61. The van der Waals surface area contributed by atoms with Gasteiger partial charge >= 0.3 is 0 Å². The van der Waals surface area contributed by atoms with E-state index in [1.54, 1.807) is 23.6 Å². The Morgan fingerprint density at radius 2 is 2.33 bits per heavy atom. The SMILES string of the molecule is CC(C)Oc1ccnc(NCc2cc(Br)cs2)n1. The predicted octanol–water partition coefficient (Wildman–Crippen LogP) is 3.70. The Morgan fingerprint density at radius 1 is 1.50 bits per heavy atom. The zero-order valence-electron chi connectivity index (χ0n) is 10.2. The van der Waals surface area contributed by atoms with Gasteiger partial charge in [-0.25, -0.2) is 4.98 Å². The third kappa shape index (κ3) is 3.96. The van der Waals surface area contributed by atoms with Gasteiger partial charge in [0.25, 0.3) is 0 Å². The number of hydrogen-bond donors (Lipinski definition) is 1. The number of aromatic nitrogens is 2. The molecule has 0 spiro atoms. The maximum atomic E-state index is 5.51. The Hall–Kier alpha value is -1.14. The van der Waals surface area contributed by atoms with E-state index in [9.17, 15) is 0 Å². The lowest BCUT2D eigenvalue weighted by atomic mass is 10.4. The molecule has 2 rings (SSSR count). The first-order chi connectivity index (χ1) is 8.63. The Bertz CT molecular complexity index is 516. The Labute approximate surface area is 119 Å². The van der Waals surface area contributed by atoms with Crippen molar-refractivity contribution < 1.29 is 4.74 Å². The van der Waals surface area contributed by atoms with Crippen LogP contribution in [-0.4, -0.2) is 16.1 Å².